The molecule has 0 radical (unpaired) electrons. The molecule has 0 saturated heterocycles. The summed E-state index contributed by atoms with van der Waals surface area (Å²) >= 11 is 1.05. The number of nitrogens with zero attached hydrogens (tertiary/aromatic N) is 2. The Bertz CT molecular complexity index is 2070. The zero-order chi connectivity index (χ0) is 31.0. The Morgan fingerprint density at radius 3 is 2.43 bits per heavy atom. The normalized spacial score (nSPS) is 15.2. The van der Waals surface area contributed by atoms with E-state index in [0.29, 0.717) is 16.8 Å². The van der Waals surface area contributed by atoms with Gasteiger partial charge in [-0.1, -0.05) is 65.9 Å². The Kier molecular flexibility index (Phi) is 7.64. The fraction of sp³-hybridized carbons (Fsp3) is 0.121. The number of alkyl halides is 3. The van der Waals surface area contributed by atoms with Gasteiger partial charge in [-0.05, 0) is 48.9 Å². The van der Waals surface area contributed by atoms with Gasteiger partial charge >= 0.3 is 12.1 Å². The van der Waals surface area contributed by atoms with Gasteiger partial charge in [0.2, 0.25) is 0 Å². The van der Waals surface area contributed by atoms with Crippen LogP contribution in [0.15, 0.2) is 111 Å². The fourth-order valence-corrected chi connectivity index (χ4v) is 5.95. The SMILES string of the molecule is CCOC(=O)C1=C(c2ccccc2)N=c2s/c(=C\c3ccc(-c4cccc(C(F)(F)F)c4)o3)c(=O)n2[C@H]1c1ccc(F)cc1. The van der Waals surface area contributed by atoms with Crippen LogP contribution in [-0.4, -0.2) is 17.1 Å². The van der Waals surface area contributed by atoms with E-state index < -0.39 is 35.1 Å². The number of ether oxygens (including phenoxy) is 1. The van der Waals surface area contributed by atoms with Gasteiger partial charge in [-0.15, -0.1) is 0 Å². The number of aromatic nitrogens is 1. The zero-order valence-electron chi connectivity index (χ0n) is 23.0. The Labute approximate surface area is 251 Å². The van der Waals surface area contributed by atoms with Crippen molar-refractivity contribution in [1.29, 1.82) is 0 Å². The predicted octanol–water partition coefficient (Wildman–Crippen LogP) is 6.35. The van der Waals surface area contributed by atoms with Crippen molar-refractivity contribution in [2.45, 2.75) is 19.1 Å². The number of rotatable bonds is 6. The summed E-state index contributed by atoms with van der Waals surface area (Å²) in [7, 11) is 0. The molecule has 0 fully saturated rings. The van der Waals surface area contributed by atoms with E-state index in [0.717, 1.165) is 23.5 Å². The van der Waals surface area contributed by atoms with Crippen LogP contribution in [0.1, 0.15) is 35.4 Å². The standard InChI is InChI=1S/C33H22F4N2O4S/c1-2-42-31(41)27-28(19-7-4-3-5-8-19)38-32-39(29(27)20-11-13-23(34)14-12-20)30(40)26(44-32)18-24-15-16-25(43-24)21-9-6-10-22(17-21)33(35,36)37/h3-18,29H,2H2,1H3/b26-18-/t29-/m0/s1. The molecule has 0 saturated carbocycles. The van der Waals surface area contributed by atoms with Crippen LogP contribution >= 0.6 is 11.3 Å². The lowest BCUT2D eigenvalue weighted by Gasteiger charge is -2.25. The van der Waals surface area contributed by atoms with Crippen LogP contribution in [0.4, 0.5) is 17.6 Å². The van der Waals surface area contributed by atoms with Gasteiger partial charge in [-0.3, -0.25) is 9.36 Å². The van der Waals surface area contributed by atoms with Crippen molar-refractivity contribution < 1.29 is 31.5 Å². The van der Waals surface area contributed by atoms with Crippen molar-refractivity contribution in [3.63, 3.8) is 0 Å². The summed E-state index contributed by atoms with van der Waals surface area (Å²) in [6.07, 6.45) is -3.04. The largest absolute Gasteiger partial charge is 0.463 e. The van der Waals surface area contributed by atoms with Gasteiger partial charge in [0.05, 0.1) is 34.0 Å². The van der Waals surface area contributed by atoms with Crippen molar-refractivity contribution >= 4 is 29.1 Å². The van der Waals surface area contributed by atoms with Crippen LogP contribution in [0.3, 0.4) is 0 Å². The Balaban J connectivity index is 1.52. The third-order valence-corrected chi connectivity index (χ3v) is 7.92. The highest BCUT2D eigenvalue weighted by atomic mass is 32.1. The first-order valence-electron chi connectivity index (χ1n) is 13.5. The number of halogens is 4. The van der Waals surface area contributed by atoms with Crippen molar-refractivity contribution in [3.05, 3.63) is 145 Å². The highest BCUT2D eigenvalue weighted by molar-refractivity contribution is 7.07. The Hall–Kier alpha value is -5.03. The van der Waals surface area contributed by atoms with Gasteiger partial charge in [0.15, 0.2) is 4.80 Å². The molecule has 0 aliphatic carbocycles. The average Bonchev–Trinajstić information content (AvgIpc) is 3.61. The van der Waals surface area contributed by atoms with Gasteiger partial charge < -0.3 is 9.15 Å². The summed E-state index contributed by atoms with van der Waals surface area (Å²) in [4.78, 5) is 32.4. The second-order valence-electron chi connectivity index (χ2n) is 9.76. The first-order valence-corrected chi connectivity index (χ1v) is 14.3. The summed E-state index contributed by atoms with van der Waals surface area (Å²) < 4.78 is 66.4. The average molecular weight is 619 g/mol. The lowest BCUT2D eigenvalue weighted by molar-refractivity contribution is -0.139. The summed E-state index contributed by atoms with van der Waals surface area (Å²) in [5, 5.41) is 0. The molecule has 2 aromatic heterocycles. The molecule has 6 nitrogen and oxygen atoms in total. The van der Waals surface area contributed by atoms with E-state index in [1.54, 1.807) is 37.3 Å². The molecule has 11 heteroatoms. The van der Waals surface area contributed by atoms with E-state index >= 15 is 0 Å². The first kappa shape index (κ1) is 29.1. The number of hydrogen-bond acceptors (Lipinski definition) is 6. The minimum Gasteiger partial charge on any atom is -0.463 e. The topological polar surface area (TPSA) is 73.8 Å². The molecule has 0 bridgehead atoms. The summed E-state index contributed by atoms with van der Waals surface area (Å²) in [5.41, 5.74) is 0.448. The molecule has 3 aromatic carbocycles. The number of fused-ring (bicyclic) bond motifs is 1. The van der Waals surface area contributed by atoms with E-state index in [1.807, 2.05) is 6.07 Å². The zero-order valence-corrected chi connectivity index (χ0v) is 23.8. The fourth-order valence-electron chi connectivity index (χ4n) is 4.96. The van der Waals surface area contributed by atoms with Crippen LogP contribution in [0.2, 0.25) is 0 Å². The Morgan fingerprint density at radius 2 is 1.73 bits per heavy atom. The number of benzene rings is 3. The minimum atomic E-state index is -4.51. The highest BCUT2D eigenvalue weighted by Crippen LogP contribution is 2.36. The van der Waals surface area contributed by atoms with Crippen molar-refractivity contribution in [2.24, 2.45) is 4.99 Å². The number of carbonyl (C=O) groups is 1. The van der Waals surface area contributed by atoms with Crippen LogP contribution in [-0.2, 0) is 15.7 Å². The number of thiazole rings is 1. The lowest BCUT2D eigenvalue weighted by Crippen LogP contribution is -2.40. The molecule has 3 heterocycles. The number of hydrogen-bond donors (Lipinski definition) is 0. The molecule has 0 N–H and O–H groups in total. The van der Waals surface area contributed by atoms with Crippen LogP contribution < -0.4 is 14.9 Å². The molecule has 0 spiro atoms. The van der Waals surface area contributed by atoms with E-state index in [4.69, 9.17) is 14.1 Å². The molecule has 44 heavy (non-hydrogen) atoms. The summed E-state index contributed by atoms with van der Waals surface area (Å²) in [6.45, 7) is 1.75. The first-order chi connectivity index (χ1) is 21.1. The van der Waals surface area contributed by atoms with E-state index in [9.17, 15) is 27.2 Å². The van der Waals surface area contributed by atoms with E-state index in [-0.39, 0.29) is 38.6 Å². The molecule has 222 valence electrons. The molecular weight excluding hydrogens is 596 g/mol. The maximum absolute atomic E-state index is 13.9. The van der Waals surface area contributed by atoms with Crippen molar-refractivity contribution in [2.75, 3.05) is 6.61 Å². The van der Waals surface area contributed by atoms with Gasteiger partial charge in [0.1, 0.15) is 17.3 Å². The van der Waals surface area contributed by atoms with E-state index in [2.05, 4.69) is 0 Å². The Morgan fingerprint density at radius 1 is 1.00 bits per heavy atom. The number of carbonyl (C=O) groups excluding carboxylic acids is 1. The van der Waals surface area contributed by atoms with Crippen molar-refractivity contribution in [1.82, 2.24) is 4.57 Å². The summed E-state index contributed by atoms with van der Waals surface area (Å²) in [6, 6.07) is 21.3. The molecule has 6 rings (SSSR count). The molecule has 1 aliphatic heterocycles. The third kappa shape index (κ3) is 5.53. The van der Waals surface area contributed by atoms with Crippen LogP contribution in [0, 0.1) is 5.82 Å². The number of furan rings is 1. The molecule has 1 atom stereocenters. The highest BCUT2D eigenvalue weighted by Gasteiger charge is 2.35. The lowest BCUT2D eigenvalue weighted by atomic mass is 9.93. The molecular formula is C33H22F4N2O4S. The smallest absolute Gasteiger partial charge is 0.416 e. The maximum atomic E-state index is 13.9. The molecule has 1 aliphatic rings. The van der Waals surface area contributed by atoms with Gasteiger partial charge in [-0.25, -0.2) is 14.2 Å². The summed E-state index contributed by atoms with van der Waals surface area (Å²) in [5.74, 6) is -0.736. The molecule has 0 amide bonds. The number of esters is 1. The second kappa shape index (κ2) is 11.6. The van der Waals surface area contributed by atoms with Crippen LogP contribution in [0.25, 0.3) is 23.1 Å². The maximum Gasteiger partial charge on any atom is 0.416 e. The molecule has 5 aromatic rings. The van der Waals surface area contributed by atoms with Gasteiger partial charge in [0.25, 0.3) is 5.56 Å². The van der Waals surface area contributed by atoms with Gasteiger partial charge in [0, 0.05) is 17.2 Å². The van der Waals surface area contributed by atoms with Crippen molar-refractivity contribution in [3.8, 4) is 11.3 Å². The van der Waals surface area contributed by atoms with Crippen LogP contribution in [0.5, 0.6) is 0 Å². The third-order valence-electron chi connectivity index (χ3n) is 6.93. The second-order valence-corrected chi connectivity index (χ2v) is 10.8. The van der Waals surface area contributed by atoms with Gasteiger partial charge in [-0.2, -0.15) is 13.2 Å². The van der Waals surface area contributed by atoms with E-state index in [1.165, 1.54) is 53.1 Å². The predicted molar refractivity (Wildman–Crippen MR) is 157 cm³/mol. The molecule has 0 unspecified atom stereocenters. The monoisotopic (exact) mass is 618 g/mol. The quantitative estimate of drug-likeness (QED) is 0.164. The minimum absolute atomic E-state index is 0.0810.